The van der Waals surface area contributed by atoms with Gasteiger partial charge in [-0.25, -0.2) is 4.39 Å². The van der Waals surface area contributed by atoms with Crippen LogP contribution in [0, 0.1) is 5.82 Å². The Morgan fingerprint density at radius 2 is 1.83 bits per heavy atom. The first-order valence-corrected chi connectivity index (χ1v) is 9.07. The van der Waals surface area contributed by atoms with Crippen molar-refractivity contribution in [2.24, 2.45) is 4.99 Å². The summed E-state index contributed by atoms with van der Waals surface area (Å²) in [6.45, 7) is -0.158. The molecule has 3 rings (SSSR count). The van der Waals surface area contributed by atoms with Gasteiger partial charge < -0.3 is 14.8 Å². The van der Waals surface area contributed by atoms with Crippen molar-refractivity contribution >= 4 is 35.1 Å². The Labute approximate surface area is 172 Å². The number of carbonyl (C=O) groups excluding carboxylic acids is 1. The molecule has 1 N–H and O–H groups in total. The average Bonchev–Trinajstić information content (AvgIpc) is 2.73. The zero-order valence-corrected chi connectivity index (χ0v) is 16.3. The molecule has 0 aliphatic rings. The molecule has 0 saturated heterocycles. The summed E-state index contributed by atoms with van der Waals surface area (Å²) in [6, 6.07) is 17.9. The van der Waals surface area contributed by atoms with E-state index in [-0.39, 0.29) is 18.3 Å². The summed E-state index contributed by atoms with van der Waals surface area (Å²) < 4.78 is 23.4. The van der Waals surface area contributed by atoms with Gasteiger partial charge in [0.2, 0.25) is 0 Å². The van der Waals surface area contributed by atoms with Crippen molar-refractivity contribution in [2.45, 2.75) is 0 Å². The van der Waals surface area contributed by atoms with Crippen molar-refractivity contribution in [1.29, 1.82) is 0 Å². The molecule has 0 aliphatic carbocycles. The lowest BCUT2D eigenvalue weighted by molar-refractivity contribution is -0.118. The Morgan fingerprint density at radius 1 is 1.10 bits per heavy atom. The lowest BCUT2D eigenvalue weighted by atomic mass is 10.2. The van der Waals surface area contributed by atoms with E-state index in [4.69, 9.17) is 21.1 Å². The Morgan fingerprint density at radius 3 is 2.48 bits per heavy atom. The molecule has 0 aliphatic heterocycles. The predicted molar refractivity (Wildman–Crippen MR) is 112 cm³/mol. The topological polar surface area (TPSA) is 59.9 Å². The standard InChI is InChI=1S/C22H18ClFN2O3/c1-28-21-11-8-18(12-20(21)23)25-13-15-2-9-19(10-3-15)29-14-22(27)26-17-6-4-16(24)5-7-17/h2-13H,14H2,1H3,(H,26,27). The summed E-state index contributed by atoms with van der Waals surface area (Å²) in [5.41, 5.74) is 2.07. The highest BCUT2D eigenvalue weighted by Crippen LogP contribution is 2.28. The number of amides is 1. The van der Waals surface area contributed by atoms with Gasteiger partial charge in [-0.15, -0.1) is 0 Å². The van der Waals surface area contributed by atoms with Gasteiger partial charge in [0.15, 0.2) is 6.61 Å². The van der Waals surface area contributed by atoms with E-state index in [2.05, 4.69) is 10.3 Å². The molecular formula is C22H18ClFN2O3. The van der Waals surface area contributed by atoms with E-state index in [0.29, 0.717) is 27.9 Å². The van der Waals surface area contributed by atoms with E-state index in [9.17, 15) is 9.18 Å². The van der Waals surface area contributed by atoms with Gasteiger partial charge in [-0.05, 0) is 72.3 Å². The molecule has 29 heavy (non-hydrogen) atoms. The second kappa shape index (κ2) is 9.71. The number of hydrogen-bond acceptors (Lipinski definition) is 4. The number of aliphatic imine (C=N–C) groups is 1. The molecule has 0 heterocycles. The summed E-state index contributed by atoms with van der Waals surface area (Å²) in [7, 11) is 1.56. The van der Waals surface area contributed by atoms with Gasteiger partial charge in [-0.2, -0.15) is 0 Å². The van der Waals surface area contributed by atoms with Crippen LogP contribution in [0.1, 0.15) is 5.56 Å². The van der Waals surface area contributed by atoms with Crippen molar-refractivity contribution in [3.63, 3.8) is 0 Å². The van der Waals surface area contributed by atoms with Crippen molar-refractivity contribution in [1.82, 2.24) is 0 Å². The highest BCUT2D eigenvalue weighted by Gasteiger charge is 2.04. The number of rotatable bonds is 7. The third kappa shape index (κ3) is 6.05. The van der Waals surface area contributed by atoms with Crippen molar-refractivity contribution in [3.8, 4) is 11.5 Å². The molecule has 148 valence electrons. The fourth-order valence-corrected chi connectivity index (χ4v) is 2.67. The number of anilines is 1. The van der Waals surface area contributed by atoms with Gasteiger partial charge in [0.05, 0.1) is 17.8 Å². The molecule has 5 nitrogen and oxygen atoms in total. The third-order valence-electron chi connectivity index (χ3n) is 3.88. The van der Waals surface area contributed by atoms with Gasteiger partial charge in [0.25, 0.3) is 5.91 Å². The van der Waals surface area contributed by atoms with Crippen LogP contribution in [0.15, 0.2) is 71.7 Å². The van der Waals surface area contributed by atoms with Crippen LogP contribution in [0.3, 0.4) is 0 Å². The van der Waals surface area contributed by atoms with E-state index in [1.54, 1.807) is 43.7 Å². The minimum atomic E-state index is -0.363. The minimum Gasteiger partial charge on any atom is -0.495 e. The van der Waals surface area contributed by atoms with E-state index in [1.165, 1.54) is 24.3 Å². The molecular weight excluding hydrogens is 395 g/mol. The zero-order valence-electron chi connectivity index (χ0n) is 15.6. The van der Waals surface area contributed by atoms with Crippen LogP contribution in [-0.2, 0) is 4.79 Å². The Balaban J connectivity index is 1.52. The SMILES string of the molecule is COc1ccc(N=Cc2ccc(OCC(=O)Nc3ccc(F)cc3)cc2)cc1Cl. The first-order chi connectivity index (χ1) is 14.0. The fraction of sp³-hybridized carbons (Fsp3) is 0.0909. The van der Waals surface area contributed by atoms with Gasteiger partial charge in [-0.1, -0.05) is 11.6 Å². The van der Waals surface area contributed by atoms with Crippen LogP contribution in [0.5, 0.6) is 11.5 Å². The normalized spacial score (nSPS) is 10.7. The molecule has 0 atom stereocenters. The third-order valence-corrected chi connectivity index (χ3v) is 4.17. The minimum absolute atomic E-state index is 0.158. The monoisotopic (exact) mass is 412 g/mol. The van der Waals surface area contributed by atoms with Crippen LogP contribution in [-0.4, -0.2) is 25.8 Å². The van der Waals surface area contributed by atoms with Gasteiger partial charge >= 0.3 is 0 Å². The van der Waals surface area contributed by atoms with Gasteiger partial charge in [-0.3, -0.25) is 9.79 Å². The van der Waals surface area contributed by atoms with E-state index < -0.39 is 0 Å². The van der Waals surface area contributed by atoms with Crippen LogP contribution in [0.2, 0.25) is 5.02 Å². The number of benzene rings is 3. The lowest BCUT2D eigenvalue weighted by Gasteiger charge is -2.07. The summed E-state index contributed by atoms with van der Waals surface area (Å²) in [5, 5.41) is 3.12. The van der Waals surface area contributed by atoms with Crippen molar-refractivity contribution < 1.29 is 18.7 Å². The lowest BCUT2D eigenvalue weighted by Crippen LogP contribution is -2.20. The molecule has 0 unspecified atom stereocenters. The summed E-state index contributed by atoms with van der Waals surface area (Å²) in [5.74, 6) is 0.441. The molecule has 3 aromatic rings. The predicted octanol–water partition coefficient (Wildman–Crippen LogP) is 5.26. The number of nitrogens with zero attached hydrogens (tertiary/aromatic N) is 1. The number of nitrogens with one attached hydrogen (secondary N) is 1. The molecule has 7 heteroatoms. The fourth-order valence-electron chi connectivity index (χ4n) is 2.41. The van der Waals surface area contributed by atoms with Crippen LogP contribution < -0.4 is 14.8 Å². The van der Waals surface area contributed by atoms with E-state index >= 15 is 0 Å². The Hall–Kier alpha value is -3.38. The first kappa shape index (κ1) is 20.4. The highest BCUT2D eigenvalue weighted by atomic mass is 35.5. The molecule has 1 amide bonds. The maximum Gasteiger partial charge on any atom is 0.262 e. The van der Waals surface area contributed by atoms with Crippen LogP contribution in [0.4, 0.5) is 15.8 Å². The van der Waals surface area contributed by atoms with Crippen molar-refractivity contribution in [3.05, 3.63) is 83.1 Å². The van der Waals surface area contributed by atoms with E-state index in [0.717, 1.165) is 5.56 Å². The molecule has 0 bridgehead atoms. The molecule has 0 radical (unpaired) electrons. The van der Waals surface area contributed by atoms with Crippen molar-refractivity contribution in [2.75, 3.05) is 19.0 Å². The van der Waals surface area contributed by atoms with Crippen LogP contribution in [0.25, 0.3) is 0 Å². The first-order valence-electron chi connectivity index (χ1n) is 8.69. The van der Waals surface area contributed by atoms with Crippen LogP contribution >= 0.6 is 11.6 Å². The summed E-state index contributed by atoms with van der Waals surface area (Å²) in [4.78, 5) is 16.3. The van der Waals surface area contributed by atoms with Gasteiger partial charge in [0.1, 0.15) is 17.3 Å². The number of hydrogen-bond donors (Lipinski definition) is 1. The largest absolute Gasteiger partial charge is 0.495 e. The second-order valence-corrected chi connectivity index (χ2v) is 6.40. The molecule has 0 aromatic heterocycles. The maximum absolute atomic E-state index is 12.9. The molecule has 0 spiro atoms. The average molecular weight is 413 g/mol. The highest BCUT2D eigenvalue weighted by molar-refractivity contribution is 6.32. The summed E-state index contributed by atoms with van der Waals surface area (Å²) >= 11 is 6.09. The number of halogens is 2. The Kier molecular flexibility index (Phi) is 6.81. The molecule has 0 saturated carbocycles. The Bertz CT molecular complexity index is 1010. The number of ether oxygens (including phenoxy) is 2. The quantitative estimate of drug-likeness (QED) is 0.539. The second-order valence-electron chi connectivity index (χ2n) is 5.99. The number of methoxy groups -OCH3 is 1. The maximum atomic E-state index is 12.9. The summed E-state index contributed by atoms with van der Waals surface area (Å²) in [6.07, 6.45) is 1.70. The zero-order chi connectivity index (χ0) is 20.6. The van der Waals surface area contributed by atoms with E-state index in [1.807, 2.05) is 12.1 Å². The smallest absolute Gasteiger partial charge is 0.262 e. The molecule has 3 aromatic carbocycles. The number of carbonyl (C=O) groups is 1. The van der Waals surface area contributed by atoms with Gasteiger partial charge in [0, 0.05) is 11.9 Å². The molecule has 0 fully saturated rings.